The Kier molecular flexibility index (Phi) is 3.23. The van der Waals surface area contributed by atoms with Crippen LogP contribution in [-0.2, 0) is 0 Å². The third-order valence-electron chi connectivity index (χ3n) is 1.90. The largest absolute Gasteiger partial charge is 0.392 e. The van der Waals surface area contributed by atoms with E-state index in [2.05, 4.69) is 0 Å². The summed E-state index contributed by atoms with van der Waals surface area (Å²) in [6.07, 6.45) is -1.11. The number of nitrogens with two attached hydrogens (primary N) is 1. The molecule has 66 valence electrons. The van der Waals surface area contributed by atoms with Crippen molar-refractivity contribution in [2.45, 2.75) is 18.7 Å². The van der Waals surface area contributed by atoms with E-state index >= 15 is 0 Å². The summed E-state index contributed by atoms with van der Waals surface area (Å²) in [5.74, 6) is 0. The van der Waals surface area contributed by atoms with E-state index in [1.54, 1.807) is 0 Å². The topological polar surface area (TPSA) is 49.5 Å². The summed E-state index contributed by atoms with van der Waals surface area (Å²) in [6.45, 7) is 2.20. The molecule has 0 amide bonds. The smallest absolute Gasteiger partial charge is 0.115 e. The van der Waals surface area contributed by atoms with Crippen LogP contribution in [0.3, 0.4) is 0 Å². The highest BCUT2D eigenvalue weighted by molar-refractivity contribution is 4.78. The van der Waals surface area contributed by atoms with Crippen LogP contribution >= 0.6 is 0 Å². The molecule has 2 atom stereocenters. The maximum atomic E-state index is 12.8. The maximum absolute atomic E-state index is 12.8. The number of hydrogen-bond donors (Lipinski definition) is 2. The van der Waals surface area contributed by atoms with Gasteiger partial charge in [0.15, 0.2) is 0 Å². The summed E-state index contributed by atoms with van der Waals surface area (Å²) < 4.78 is 12.8. The summed E-state index contributed by atoms with van der Waals surface area (Å²) in [5.41, 5.74) is 5.30. The van der Waals surface area contributed by atoms with E-state index in [9.17, 15) is 4.39 Å². The molecule has 1 heterocycles. The number of hydrogen-bond acceptors (Lipinski definition) is 3. The van der Waals surface area contributed by atoms with Gasteiger partial charge in [-0.25, -0.2) is 4.39 Å². The lowest BCUT2D eigenvalue weighted by atomic mass is 10.1. The van der Waals surface area contributed by atoms with Crippen molar-refractivity contribution >= 4 is 0 Å². The van der Waals surface area contributed by atoms with Gasteiger partial charge in [0.25, 0.3) is 0 Å². The van der Waals surface area contributed by atoms with Crippen LogP contribution in [-0.4, -0.2) is 48.5 Å². The van der Waals surface area contributed by atoms with Crippen molar-refractivity contribution in [3.63, 3.8) is 0 Å². The molecular formula is C7H15FN2O. The fourth-order valence-corrected chi connectivity index (χ4v) is 1.46. The molecule has 1 rings (SSSR count). The fourth-order valence-electron chi connectivity index (χ4n) is 1.46. The van der Waals surface area contributed by atoms with Crippen molar-refractivity contribution in [3.05, 3.63) is 0 Å². The van der Waals surface area contributed by atoms with Crippen LogP contribution in [0.15, 0.2) is 0 Å². The van der Waals surface area contributed by atoms with Crippen molar-refractivity contribution in [2.75, 3.05) is 26.2 Å². The molecule has 4 heteroatoms. The minimum absolute atomic E-state index is 0.279. The minimum Gasteiger partial charge on any atom is -0.392 e. The van der Waals surface area contributed by atoms with Crippen LogP contribution in [0.4, 0.5) is 4.39 Å². The van der Waals surface area contributed by atoms with Crippen LogP contribution < -0.4 is 5.73 Å². The molecule has 3 N–H and O–H groups in total. The second kappa shape index (κ2) is 3.99. The Morgan fingerprint density at radius 2 is 2.27 bits per heavy atom. The Bertz CT molecular complexity index is 113. The summed E-state index contributed by atoms with van der Waals surface area (Å²) >= 11 is 0. The van der Waals surface area contributed by atoms with Gasteiger partial charge in [0.1, 0.15) is 6.17 Å². The number of likely N-dealkylation sites (tertiary alicyclic amines) is 1. The molecule has 0 spiro atoms. The molecule has 0 bridgehead atoms. The fraction of sp³-hybridized carbons (Fsp3) is 1.00. The molecule has 0 aromatic heterocycles. The zero-order chi connectivity index (χ0) is 8.27. The first-order valence-electron chi connectivity index (χ1n) is 3.97. The van der Waals surface area contributed by atoms with Gasteiger partial charge >= 0.3 is 0 Å². The van der Waals surface area contributed by atoms with E-state index in [0.717, 1.165) is 0 Å². The van der Waals surface area contributed by atoms with Crippen molar-refractivity contribution in [1.82, 2.24) is 4.90 Å². The van der Waals surface area contributed by atoms with Crippen LogP contribution in [0.5, 0.6) is 0 Å². The lowest BCUT2D eigenvalue weighted by molar-refractivity contribution is 0.0278. The van der Waals surface area contributed by atoms with Gasteiger partial charge in [-0.3, -0.25) is 4.90 Å². The number of alkyl halides is 1. The Hall–Kier alpha value is -0.190. The van der Waals surface area contributed by atoms with Gasteiger partial charge in [-0.1, -0.05) is 0 Å². The van der Waals surface area contributed by atoms with E-state index in [-0.39, 0.29) is 6.42 Å². The van der Waals surface area contributed by atoms with Gasteiger partial charge in [-0.2, -0.15) is 0 Å². The quantitative estimate of drug-likeness (QED) is 0.567. The summed E-state index contributed by atoms with van der Waals surface area (Å²) in [4.78, 5) is 1.86. The lowest BCUT2D eigenvalue weighted by Crippen LogP contribution is -2.45. The highest BCUT2D eigenvalue weighted by Crippen LogP contribution is 2.12. The second-order valence-corrected chi connectivity index (χ2v) is 3.04. The van der Waals surface area contributed by atoms with Crippen molar-refractivity contribution < 1.29 is 9.50 Å². The molecule has 1 fully saturated rings. The van der Waals surface area contributed by atoms with Gasteiger partial charge in [-0.15, -0.1) is 0 Å². The van der Waals surface area contributed by atoms with Crippen LogP contribution in [0.1, 0.15) is 6.42 Å². The molecule has 0 aromatic carbocycles. The van der Waals surface area contributed by atoms with Gasteiger partial charge in [0, 0.05) is 32.6 Å². The molecule has 0 aromatic rings. The Balaban J connectivity index is 2.30. The van der Waals surface area contributed by atoms with Crippen molar-refractivity contribution in [1.29, 1.82) is 0 Å². The molecule has 1 saturated heterocycles. The van der Waals surface area contributed by atoms with Gasteiger partial charge in [-0.05, 0) is 0 Å². The minimum atomic E-state index is -0.884. The third kappa shape index (κ3) is 2.73. The Labute approximate surface area is 66.0 Å². The van der Waals surface area contributed by atoms with E-state index < -0.39 is 12.3 Å². The maximum Gasteiger partial charge on any atom is 0.115 e. The van der Waals surface area contributed by atoms with E-state index in [4.69, 9.17) is 10.8 Å². The number of rotatable bonds is 2. The highest BCUT2D eigenvalue weighted by Gasteiger charge is 2.24. The average molecular weight is 162 g/mol. The Morgan fingerprint density at radius 1 is 1.55 bits per heavy atom. The highest BCUT2D eigenvalue weighted by atomic mass is 19.1. The average Bonchev–Trinajstić information content (AvgIpc) is 1.85. The molecule has 2 unspecified atom stereocenters. The van der Waals surface area contributed by atoms with Crippen molar-refractivity contribution in [3.8, 4) is 0 Å². The molecule has 11 heavy (non-hydrogen) atoms. The first kappa shape index (κ1) is 8.90. The summed E-state index contributed by atoms with van der Waals surface area (Å²) in [6, 6.07) is 0. The Morgan fingerprint density at radius 3 is 2.82 bits per heavy atom. The summed E-state index contributed by atoms with van der Waals surface area (Å²) in [5, 5.41) is 9.15. The second-order valence-electron chi connectivity index (χ2n) is 3.04. The summed E-state index contributed by atoms with van der Waals surface area (Å²) in [7, 11) is 0. The number of aliphatic hydroxyl groups excluding tert-OH is 1. The van der Waals surface area contributed by atoms with Crippen LogP contribution in [0.2, 0.25) is 0 Å². The lowest BCUT2D eigenvalue weighted by Gasteiger charge is -2.31. The van der Waals surface area contributed by atoms with E-state index in [0.29, 0.717) is 26.2 Å². The number of nitrogens with zero attached hydrogens (tertiary/aromatic N) is 1. The molecule has 0 radical (unpaired) electrons. The van der Waals surface area contributed by atoms with Crippen LogP contribution in [0, 0.1) is 0 Å². The first-order valence-corrected chi connectivity index (χ1v) is 3.97. The molecule has 0 saturated carbocycles. The zero-order valence-corrected chi connectivity index (χ0v) is 6.54. The van der Waals surface area contributed by atoms with Crippen LogP contribution in [0.25, 0.3) is 0 Å². The predicted molar refractivity (Wildman–Crippen MR) is 41.0 cm³/mol. The molecule has 0 aliphatic carbocycles. The SMILES string of the molecule is NCCN1CC(O)CC(F)C1. The first-order chi connectivity index (χ1) is 5.22. The molecular weight excluding hydrogens is 147 g/mol. The van der Waals surface area contributed by atoms with Crippen molar-refractivity contribution in [2.24, 2.45) is 5.73 Å². The van der Waals surface area contributed by atoms with Gasteiger partial charge in [0.05, 0.1) is 6.10 Å². The number of piperidine rings is 1. The number of aliphatic hydroxyl groups is 1. The van der Waals surface area contributed by atoms with Gasteiger partial charge < -0.3 is 10.8 Å². The monoisotopic (exact) mass is 162 g/mol. The van der Waals surface area contributed by atoms with E-state index in [1.165, 1.54) is 0 Å². The third-order valence-corrected chi connectivity index (χ3v) is 1.90. The normalized spacial score (nSPS) is 34.1. The molecule has 1 aliphatic rings. The zero-order valence-electron chi connectivity index (χ0n) is 6.54. The number of halogens is 1. The molecule has 1 aliphatic heterocycles. The van der Waals surface area contributed by atoms with E-state index in [1.807, 2.05) is 4.90 Å². The number of β-amino-alcohol motifs (C(OH)–C–C–N with tert-alkyl or cyclic N) is 1. The standard InChI is InChI=1S/C7H15FN2O/c8-6-3-7(11)5-10(4-6)2-1-9/h6-7,11H,1-5,9H2. The van der Waals surface area contributed by atoms with Gasteiger partial charge in [0.2, 0.25) is 0 Å². The molecule has 3 nitrogen and oxygen atoms in total. The predicted octanol–water partition coefficient (Wildman–Crippen LogP) is -0.650.